The lowest BCUT2D eigenvalue weighted by atomic mass is 10.2. The molecule has 0 saturated heterocycles. The zero-order valence-corrected chi connectivity index (χ0v) is 21.0. The number of rotatable bonds is 10. The highest BCUT2D eigenvalue weighted by Gasteiger charge is 2.16. The normalized spacial score (nSPS) is 10.7. The van der Waals surface area contributed by atoms with Gasteiger partial charge in [0, 0.05) is 16.5 Å². The summed E-state index contributed by atoms with van der Waals surface area (Å²) < 4.78 is 12.8. The van der Waals surface area contributed by atoms with E-state index in [1.165, 1.54) is 0 Å². The standard InChI is InChI=1S/C26H25ClN4O3S/c1-18-6-10-21(11-7-18)31-24(15-28-25(32)16-34-22-12-8-20(27)9-13-22)29-30-26(31)35-17-19-4-3-5-23(14-19)33-2/h3-14H,15-17H2,1-2H3,(H,28,32). The van der Waals surface area contributed by atoms with Crippen molar-refractivity contribution >= 4 is 29.3 Å². The van der Waals surface area contributed by atoms with Crippen LogP contribution in [0.4, 0.5) is 0 Å². The van der Waals surface area contributed by atoms with Gasteiger partial charge in [-0.1, -0.05) is 53.2 Å². The van der Waals surface area contributed by atoms with Crippen molar-refractivity contribution in [3.05, 3.63) is 94.8 Å². The van der Waals surface area contributed by atoms with Crippen LogP contribution in [-0.2, 0) is 17.1 Å². The van der Waals surface area contributed by atoms with Crippen LogP contribution in [0.5, 0.6) is 11.5 Å². The van der Waals surface area contributed by atoms with Gasteiger partial charge >= 0.3 is 0 Å². The Hall–Kier alpha value is -3.49. The van der Waals surface area contributed by atoms with Gasteiger partial charge in [0.05, 0.1) is 13.7 Å². The summed E-state index contributed by atoms with van der Waals surface area (Å²) in [6.45, 7) is 2.14. The largest absolute Gasteiger partial charge is 0.497 e. The van der Waals surface area contributed by atoms with Gasteiger partial charge in [-0.3, -0.25) is 9.36 Å². The molecule has 0 aliphatic carbocycles. The third-order valence-corrected chi connectivity index (χ3v) is 6.37. The molecule has 0 radical (unpaired) electrons. The van der Waals surface area contributed by atoms with Crippen LogP contribution in [0, 0.1) is 6.92 Å². The fourth-order valence-corrected chi connectivity index (χ4v) is 4.32. The van der Waals surface area contributed by atoms with E-state index in [0.717, 1.165) is 27.7 Å². The zero-order valence-electron chi connectivity index (χ0n) is 19.4. The predicted octanol–water partition coefficient (Wildman–Crippen LogP) is 5.23. The Morgan fingerprint density at radius 3 is 2.54 bits per heavy atom. The molecule has 3 aromatic carbocycles. The van der Waals surface area contributed by atoms with Crippen molar-refractivity contribution in [1.82, 2.24) is 20.1 Å². The lowest BCUT2D eigenvalue weighted by Crippen LogP contribution is -2.29. The van der Waals surface area contributed by atoms with Gasteiger partial charge in [0.25, 0.3) is 5.91 Å². The number of nitrogens with zero attached hydrogens (tertiary/aromatic N) is 3. The number of benzene rings is 3. The predicted molar refractivity (Wildman–Crippen MR) is 137 cm³/mol. The number of ether oxygens (including phenoxy) is 2. The summed E-state index contributed by atoms with van der Waals surface area (Å²) in [4.78, 5) is 12.4. The average Bonchev–Trinajstić information content (AvgIpc) is 3.29. The van der Waals surface area contributed by atoms with Gasteiger partial charge < -0.3 is 14.8 Å². The summed E-state index contributed by atoms with van der Waals surface area (Å²) in [5, 5.41) is 13.0. The zero-order chi connectivity index (χ0) is 24.6. The third-order valence-electron chi connectivity index (χ3n) is 5.12. The van der Waals surface area contributed by atoms with E-state index in [-0.39, 0.29) is 19.1 Å². The number of halogens is 1. The lowest BCUT2D eigenvalue weighted by molar-refractivity contribution is -0.123. The average molecular weight is 509 g/mol. The van der Waals surface area contributed by atoms with Crippen molar-refractivity contribution in [1.29, 1.82) is 0 Å². The lowest BCUT2D eigenvalue weighted by Gasteiger charge is -2.12. The molecule has 0 aliphatic rings. The van der Waals surface area contributed by atoms with E-state index in [1.807, 2.05) is 60.0 Å². The summed E-state index contributed by atoms with van der Waals surface area (Å²) in [5.41, 5.74) is 3.19. The van der Waals surface area contributed by atoms with Crippen LogP contribution in [0.15, 0.2) is 78.0 Å². The van der Waals surface area contributed by atoms with E-state index in [4.69, 9.17) is 21.1 Å². The molecule has 0 fully saturated rings. The number of aromatic nitrogens is 3. The molecule has 0 aliphatic heterocycles. The second-order valence-electron chi connectivity index (χ2n) is 7.73. The highest BCUT2D eigenvalue weighted by molar-refractivity contribution is 7.98. The van der Waals surface area contributed by atoms with E-state index in [0.29, 0.717) is 22.3 Å². The molecule has 0 spiro atoms. The number of aryl methyl sites for hydroxylation is 1. The Kier molecular flexibility index (Phi) is 8.28. The van der Waals surface area contributed by atoms with Crippen molar-refractivity contribution in [2.45, 2.75) is 24.4 Å². The highest BCUT2D eigenvalue weighted by atomic mass is 35.5. The molecule has 0 bridgehead atoms. The van der Waals surface area contributed by atoms with Crippen LogP contribution >= 0.6 is 23.4 Å². The molecule has 7 nitrogen and oxygen atoms in total. The van der Waals surface area contributed by atoms with Gasteiger partial charge in [-0.2, -0.15) is 0 Å². The van der Waals surface area contributed by atoms with Crippen LogP contribution < -0.4 is 14.8 Å². The molecule has 0 atom stereocenters. The first-order valence-electron chi connectivity index (χ1n) is 10.9. The Bertz CT molecular complexity index is 1280. The molecule has 1 N–H and O–H groups in total. The molecule has 180 valence electrons. The maximum atomic E-state index is 12.4. The maximum absolute atomic E-state index is 12.4. The van der Waals surface area contributed by atoms with Crippen LogP contribution in [0.25, 0.3) is 5.69 Å². The van der Waals surface area contributed by atoms with E-state index < -0.39 is 0 Å². The number of nitrogens with one attached hydrogen (secondary N) is 1. The molecule has 1 heterocycles. The number of hydrogen-bond donors (Lipinski definition) is 1. The van der Waals surface area contributed by atoms with Gasteiger partial charge in [-0.05, 0) is 61.0 Å². The quantitative estimate of drug-likeness (QED) is 0.296. The fourth-order valence-electron chi connectivity index (χ4n) is 3.28. The first-order valence-corrected chi connectivity index (χ1v) is 12.3. The molecule has 1 aromatic heterocycles. The number of methoxy groups -OCH3 is 1. The van der Waals surface area contributed by atoms with Gasteiger partial charge in [0.2, 0.25) is 0 Å². The van der Waals surface area contributed by atoms with Gasteiger partial charge in [-0.15, -0.1) is 10.2 Å². The molecule has 9 heteroatoms. The Labute approximate surface area is 213 Å². The smallest absolute Gasteiger partial charge is 0.258 e. The second kappa shape index (κ2) is 11.8. The fraction of sp³-hybridized carbons (Fsp3) is 0.192. The number of carbonyl (C=O) groups is 1. The Morgan fingerprint density at radius 2 is 1.80 bits per heavy atom. The van der Waals surface area contributed by atoms with Crippen LogP contribution in [-0.4, -0.2) is 34.4 Å². The van der Waals surface area contributed by atoms with E-state index in [9.17, 15) is 4.79 Å². The van der Waals surface area contributed by atoms with Crippen molar-refractivity contribution in [2.24, 2.45) is 0 Å². The van der Waals surface area contributed by atoms with E-state index >= 15 is 0 Å². The highest BCUT2D eigenvalue weighted by Crippen LogP contribution is 2.27. The first kappa shape index (κ1) is 24.6. The summed E-state index contributed by atoms with van der Waals surface area (Å²) in [5.74, 6) is 2.45. The second-order valence-corrected chi connectivity index (χ2v) is 9.11. The van der Waals surface area contributed by atoms with Crippen molar-refractivity contribution in [3.8, 4) is 17.2 Å². The molecular formula is C26H25ClN4O3S. The molecule has 4 rings (SSSR count). The minimum atomic E-state index is -0.260. The topological polar surface area (TPSA) is 78.3 Å². The summed E-state index contributed by atoms with van der Waals surface area (Å²) in [6, 6.07) is 22.9. The molecule has 4 aromatic rings. The molecule has 0 saturated carbocycles. The van der Waals surface area contributed by atoms with Crippen LogP contribution in [0.3, 0.4) is 0 Å². The van der Waals surface area contributed by atoms with Crippen molar-refractivity contribution in [2.75, 3.05) is 13.7 Å². The summed E-state index contributed by atoms with van der Waals surface area (Å²) in [7, 11) is 1.65. The summed E-state index contributed by atoms with van der Waals surface area (Å²) in [6.07, 6.45) is 0. The third kappa shape index (κ3) is 6.77. The minimum absolute atomic E-state index is 0.113. The van der Waals surface area contributed by atoms with Crippen LogP contribution in [0.2, 0.25) is 5.02 Å². The van der Waals surface area contributed by atoms with Crippen molar-refractivity contribution < 1.29 is 14.3 Å². The Balaban J connectivity index is 1.45. The minimum Gasteiger partial charge on any atom is -0.497 e. The molecule has 1 amide bonds. The van der Waals surface area contributed by atoms with Crippen LogP contribution in [0.1, 0.15) is 17.0 Å². The number of carbonyl (C=O) groups excluding carboxylic acids is 1. The Morgan fingerprint density at radius 1 is 1.03 bits per heavy atom. The summed E-state index contributed by atoms with van der Waals surface area (Å²) >= 11 is 7.45. The molecule has 35 heavy (non-hydrogen) atoms. The van der Waals surface area contributed by atoms with Gasteiger partial charge in [0.15, 0.2) is 17.6 Å². The van der Waals surface area contributed by atoms with Gasteiger partial charge in [-0.25, -0.2) is 0 Å². The molecule has 0 unspecified atom stereocenters. The first-order chi connectivity index (χ1) is 17.0. The SMILES string of the molecule is COc1cccc(CSc2nnc(CNC(=O)COc3ccc(Cl)cc3)n2-c2ccc(C)cc2)c1. The number of thioether (sulfide) groups is 1. The number of amides is 1. The molecular weight excluding hydrogens is 484 g/mol. The van der Waals surface area contributed by atoms with E-state index in [2.05, 4.69) is 15.5 Å². The van der Waals surface area contributed by atoms with Gasteiger partial charge in [0.1, 0.15) is 11.5 Å². The number of hydrogen-bond acceptors (Lipinski definition) is 6. The van der Waals surface area contributed by atoms with E-state index in [1.54, 1.807) is 43.1 Å². The maximum Gasteiger partial charge on any atom is 0.258 e. The monoisotopic (exact) mass is 508 g/mol. The van der Waals surface area contributed by atoms with Crippen molar-refractivity contribution in [3.63, 3.8) is 0 Å².